The van der Waals surface area contributed by atoms with Gasteiger partial charge in [-0.15, -0.1) is 11.3 Å². The zero-order valence-corrected chi connectivity index (χ0v) is 18.0. The van der Waals surface area contributed by atoms with Gasteiger partial charge in [0.25, 0.3) is 0 Å². The maximum Gasteiger partial charge on any atom is 0.136 e. The van der Waals surface area contributed by atoms with Crippen molar-refractivity contribution in [2.45, 2.75) is 0 Å². The summed E-state index contributed by atoms with van der Waals surface area (Å²) in [6, 6.07) is 35.2. The zero-order chi connectivity index (χ0) is 21.8. The van der Waals surface area contributed by atoms with Gasteiger partial charge in [-0.3, -0.25) is 0 Å². The van der Waals surface area contributed by atoms with E-state index in [0.29, 0.717) is 10.6 Å². The second kappa shape index (κ2) is 8.89. The Hall–Kier alpha value is -4.20. The van der Waals surface area contributed by atoms with E-state index in [0.717, 1.165) is 27.7 Å². The molecule has 5 rings (SSSR count). The first kappa shape index (κ1) is 19.7. The lowest BCUT2D eigenvalue weighted by Gasteiger charge is -2.06. The molecule has 1 N–H and O–H groups in total. The second-order valence-corrected chi connectivity index (χ2v) is 8.18. The highest BCUT2D eigenvalue weighted by Gasteiger charge is 2.10. The van der Waals surface area contributed by atoms with Gasteiger partial charge in [0.1, 0.15) is 16.6 Å². The van der Waals surface area contributed by atoms with Gasteiger partial charge < -0.3 is 5.32 Å². The highest BCUT2D eigenvalue weighted by atomic mass is 32.1. The fourth-order valence-corrected chi connectivity index (χ4v) is 4.43. The average Bonchev–Trinajstić information content (AvgIpc) is 3.35. The van der Waals surface area contributed by atoms with E-state index >= 15 is 0 Å². The van der Waals surface area contributed by atoms with E-state index in [1.807, 2.05) is 47.8 Å². The lowest BCUT2D eigenvalue weighted by Crippen LogP contribution is -1.92. The van der Waals surface area contributed by atoms with E-state index in [-0.39, 0.29) is 0 Å². The molecule has 0 aliphatic heterocycles. The van der Waals surface area contributed by atoms with Crippen LogP contribution >= 0.6 is 11.3 Å². The summed E-state index contributed by atoms with van der Waals surface area (Å²) in [6.45, 7) is 0. The predicted octanol–water partition coefficient (Wildman–Crippen LogP) is 7.61. The van der Waals surface area contributed by atoms with E-state index in [9.17, 15) is 5.26 Å². The minimum Gasteiger partial charge on any atom is -0.360 e. The van der Waals surface area contributed by atoms with Crippen LogP contribution < -0.4 is 5.32 Å². The molecule has 0 saturated heterocycles. The summed E-state index contributed by atoms with van der Waals surface area (Å²) in [7, 11) is 0. The first-order chi connectivity index (χ1) is 15.8. The maximum absolute atomic E-state index is 9.72. The Labute approximate surface area is 190 Å². The fraction of sp³-hybridized carbons (Fsp3) is 0. The minimum absolute atomic E-state index is 0.509. The summed E-state index contributed by atoms with van der Waals surface area (Å²) in [4.78, 5) is 4.72. The van der Waals surface area contributed by atoms with Crippen LogP contribution in [0.25, 0.3) is 38.7 Å². The molecule has 0 spiro atoms. The molecule has 32 heavy (non-hydrogen) atoms. The van der Waals surface area contributed by atoms with Crippen LogP contribution in [0.1, 0.15) is 5.01 Å². The third kappa shape index (κ3) is 4.02. The first-order valence-electron chi connectivity index (χ1n) is 10.3. The van der Waals surface area contributed by atoms with E-state index < -0.39 is 0 Å². The number of anilines is 1. The van der Waals surface area contributed by atoms with Gasteiger partial charge in [-0.2, -0.15) is 5.26 Å². The number of nitriles is 1. The van der Waals surface area contributed by atoms with E-state index in [2.05, 4.69) is 66.0 Å². The molecule has 0 atom stereocenters. The number of thiazole rings is 1. The lowest BCUT2D eigenvalue weighted by atomic mass is 10.0. The zero-order valence-electron chi connectivity index (χ0n) is 17.2. The summed E-state index contributed by atoms with van der Waals surface area (Å²) >= 11 is 1.47. The Balaban J connectivity index is 1.38. The summed E-state index contributed by atoms with van der Waals surface area (Å²) in [5.74, 6) is 0. The van der Waals surface area contributed by atoms with Crippen molar-refractivity contribution in [1.29, 1.82) is 5.26 Å². The molecule has 5 aromatic rings. The average molecular weight is 430 g/mol. The monoisotopic (exact) mass is 429 g/mol. The number of nitrogens with one attached hydrogen (secondary N) is 1. The molecule has 4 aromatic carbocycles. The van der Waals surface area contributed by atoms with Crippen LogP contribution in [0.4, 0.5) is 5.69 Å². The third-order valence-corrected chi connectivity index (χ3v) is 6.18. The Bertz CT molecular complexity index is 1440. The van der Waals surface area contributed by atoms with Crippen molar-refractivity contribution in [1.82, 2.24) is 4.98 Å². The number of nitrogens with zero attached hydrogens (tertiary/aromatic N) is 2. The normalized spacial score (nSPS) is 11.3. The number of aromatic nitrogens is 1. The molecule has 0 fully saturated rings. The quantitative estimate of drug-likeness (QED) is 0.293. The summed E-state index contributed by atoms with van der Waals surface area (Å²) in [5.41, 5.74) is 5.73. The SMILES string of the molecule is N#CC(=CNc1cccc2ccccc12)c1nc(-c2ccc(-c3ccccc3)cc2)cs1. The van der Waals surface area contributed by atoms with Gasteiger partial charge in [-0.1, -0.05) is 91.0 Å². The van der Waals surface area contributed by atoms with Gasteiger partial charge in [0.15, 0.2) is 0 Å². The lowest BCUT2D eigenvalue weighted by molar-refractivity contribution is 1.36. The van der Waals surface area contributed by atoms with Gasteiger partial charge in [0.05, 0.1) is 5.69 Å². The molecule has 4 heteroatoms. The molecule has 0 bridgehead atoms. The van der Waals surface area contributed by atoms with Crippen LogP contribution in [0.2, 0.25) is 0 Å². The highest BCUT2D eigenvalue weighted by Crippen LogP contribution is 2.29. The standard InChI is InChI=1S/C28H19N3S/c29-17-24(18-30-26-12-6-10-22-9-4-5-11-25(22)26)28-31-27(19-32-28)23-15-13-21(14-16-23)20-7-2-1-3-8-20/h1-16,18-19,30H. The van der Waals surface area contributed by atoms with Crippen molar-refractivity contribution in [2.24, 2.45) is 0 Å². The van der Waals surface area contributed by atoms with Crippen LogP contribution in [0.15, 0.2) is 109 Å². The molecule has 152 valence electrons. The predicted molar refractivity (Wildman–Crippen MR) is 134 cm³/mol. The van der Waals surface area contributed by atoms with Crippen LogP contribution in [0.5, 0.6) is 0 Å². The summed E-state index contributed by atoms with van der Waals surface area (Å²) in [5, 5.41) is 18.0. The van der Waals surface area contributed by atoms with E-state index in [1.165, 1.54) is 22.5 Å². The molecule has 0 radical (unpaired) electrons. The van der Waals surface area contributed by atoms with Crippen molar-refractivity contribution in [2.75, 3.05) is 5.32 Å². The third-order valence-electron chi connectivity index (χ3n) is 5.30. The molecular weight excluding hydrogens is 410 g/mol. The second-order valence-electron chi connectivity index (χ2n) is 7.32. The Morgan fingerprint density at radius 2 is 1.47 bits per heavy atom. The van der Waals surface area contributed by atoms with Gasteiger partial charge in [0.2, 0.25) is 0 Å². The van der Waals surface area contributed by atoms with Gasteiger partial charge in [0, 0.05) is 28.2 Å². The molecule has 0 unspecified atom stereocenters. The van der Waals surface area contributed by atoms with Crippen LogP contribution in [0.3, 0.4) is 0 Å². The van der Waals surface area contributed by atoms with Crippen LogP contribution in [-0.4, -0.2) is 4.98 Å². The Morgan fingerprint density at radius 3 is 2.28 bits per heavy atom. The Kier molecular flexibility index (Phi) is 5.48. The smallest absolute Gasteiger partial charge is 0.136 e. The number of fused-ring (bicyclic) bond motifs is 1. The molecule has 1 heterocycles. The topological polar surface area (TPSA) is 48.7 Å². The van der Waals surface area contributed by atoms with Gasteiger partial charge >= 0.3 is 0 Å². The summed E-state index contributed by atoms with van der Waals surface area (Å²) in [6.07, 6.45) is 1.74. The molecule has 0 aliphatic carbocycles. The molecule has 0 aliphatic rings. The first-order valence-corrected chi connectivity index (χ1v) is 11.2. The van der Waals surface area contributed by atoms with Gasteiger partial charge in [-0.05, 0) is 22.6 Å². The largest absolute Gasteiger partial charge is 0.360 e. The maximum atomic E-state index is 9.72. The van der Waals surface area contributed by atoms with Crippen LogP contribution in [0, 0.1) is 11.3 Å². The van der Waals surface area contributed by atoms with Crippen molar-refractivity contribution in [3.05, 3.63) is 114 Å². The van der Waals surface area contributed by atoms with Crippen molar-refractivity contribution in [3.8, 4) is 28.5 Å². The molecule has 0 saturated carbocycles. The van der Waals surface area contributed by atoms with E-state index in [4.69, 9.17) is 4.98 Å². The van der Waals surface area contributed by atoms with Crippen molar-refractivity contribution < 1.29 is 0 Å². The molecule has 0 amide bonds. The fourth-order valence-electron chi connectivity index (χ4n) is 3.64. The minimum atomic E-state index is 0.509. The van der Waals surface area contributed by atoms with Crippen molar-refractivity contribution in [3.63, 3.8) is 0 Å². The van der Waals surface area contributed by atoms with Crippen molar-refractivity contribution >= 4 is 33.4 Å². The van der Waals surface area contributed by atoms with Crippen LogP contribution in [-0.2, 0) is 0 Å². The number of hydrogen-bond acceptors (Lipinski definition) is 4. The number of rotatable bonds is 5. The molecule has 3 nitrogen and oxygen atoms in total. The van der Waals surface area contributed by atoms with E-state index in [1.54, 1.807) is 6.20 Å². The molecule has 1 aromatic heterocycles. The Morgan fingerprint density at radius 1 is 0.781 bits per heavy atom. The number of hydrogen-bond donors (Lipinski definition) is 1. The number of allylic oxidation sites excluding steroid dienone is 1. The number of benzene rings is 4. The summed E-state index contributed by atoms with van der Waals surface area (Å²) < 4.78 is 0. The van der Waals surface area contributed by atoms with Gasteiger partial charge in [-0.25, -0.2) is 4.98 Å². The highest BCUT2D eigenvalue weighted by molar-refractivity contribution is 7.11. The molecular formula is C28H19N3S.